The van der Waals surface area contributed by atoms with Gasteiger partial charge in [0.15, 0.2) is 0 Å². The summed E-state index contributed by atoms with van der Waals surface area (Å²) in [5.74, 6) is -0.480. The van der Waals surface area contributed by atoms with E-state index in [9.17, 15) is 18.0 Å². The van der Waals surface area contributed by atoms with Crippen LogP contribution in [-0.2, 0) is 4.79 Å². The fourth-order valence-electron chi connectivity index (χ4n) is 3.08. The largest absolute Gasteiger partial charge is 0.573 e. The Morgan fingerprint density at radius 2 is 1.67 bits per heavy atom. The van der Waals surface area contributed by atoms with E-state index < -0.39 is 6.36 Å². The highest BCUT2D eigenvalue weighted by Crippen LogP contribution is 2.23. The van der Waals surface area contributed by atoms with Gasteiger partial charge in [-0.3, -0.25) is 9.69 Å². The summed E-state index contributed by atoms with van der Waals surface area (Å²) >= 11 is 0. The average Bonchev–Trinajstić information content (AvgIpc) is 2.60. The van der Waals surface area contributed by atoms with Crippen LogP contribution in [0.15, 0.2) is 24.3 Å². The molecule has 1 heterocycles. The molecule has 0 bridgehead atoms. The molecule has 152 valence electrons. The molecule has 1 fully saturated rings. The van der Waals surface area contributed by atoms with Crippen molar-refractivity contribution >= 4 is 11.6 Å². The maximum Gasteiger partial charge on any atom is 0.573 e. The van der Waals surface area contributed by atoms with Gasteiger partial charge in [0.2, 0.25) is 5.91 Å². The number of piperazine rings is 1. The standard InChI is InChI=1S/C19H28F3N3O2/c1-2-3-4-5-10-24-11-13-25(14-12-24)15-18(26)23-16-6-8-17(9-7-16)27-19(20,21)22/h6-9H,2-5,10-15H2,1H3,(H,23,26). The molecule has 27 heavy (non-hydrogen) atoms. The van der Waals surface area contributed by atoms with Gasteiger partial charge in [-0.25, -0.2) is 0 Å². The zero-order valence-corrected chi connectivity index (χ0v) is 15.7. The van der Waals surface area contributed by atoms with Crippen LogP contribution in [0.3, 0.4) is 0 Å². The van der Waals surface area contributed by atoms with Gasteiger partial charge >= 0.3 is 6.36 Å². The Hall–Kier alpha value is -1.80. The molecule has 0 atom stereocenters. The zero-order valence-electron chi connectivity index (χ0n) is 15.7. The fourth-order valence-corrected chi connectivity index (χ4v) is 3.08. The Morgan fingerprint density at radius 1 is 1.04 bits per heavy atom. The Balaban J connectivity index is 1.67. The lowest BCUT2D eigenvalue weighted by atomic mass is 10.2. The van der Waals surface area contributed by atoms with E-state index in [0.29, 0.717) is 5.69 Å². The maximum atomic E-state index is 12.1. The second-order valence-corrected chi connectivity index (χ2v) is 6.80. The quantitative estimate of drug-likeness (QED) is 0.656. The van der Waals surface area contributed by atoms with Gasteiger partial charge in [0.05, 0.1) is 6.54 Å². The Bertz CT molecular complexity index is 571. The van der Waals surface area contributed by atoms with Gasteiger partial charge in [-0.05, 0) is 37.2 Å². The van der Waals surface area contributed by atoms with E-state index in [1.165, 1.54) is 49.9 Å². The fraction of sp³-hybridized carbons (Fsp3) is 0.632. The number of alkyl halides is 3. The Morgan fingerprint density at radius 3 is 2.26 bits per heavy atom. The van der Waals surface area contributed by atoms with Crippen molar-refractivity contribution in [1.29, 1.82) is 0 Å². The number of nitrogens with zero attached hydrogens (tertiary/aromatic N) is 2. The van der Waals surface area contributed by atoms with Crippen molar-refractivity contribution in [3.8, 4) is 5.75 Å². The van der Waals surface area contributed by atoms with E-state index in [0.717, 1.165) is 32.7 Å². The van der Waals surface area contributed by atoms with Crippen LogP contribution in [-0.4, -0.2) is 61.3 Å². The molecule has 8 heteroatoms. The first-order valence-electron chi connectivity index (χ1n) is 9.46. The zero-order chi connectivity index (χ0) is 19.7. The Kier molecular flexibility index (Phi) is 8.37. The topological polar surface area (TPSA) is 44.8 Å². The van der Waals surface area contributed by atoms with Crippen molar-refractivity contribution in [2.45, 2.75) is 39.0 Å². The van der Waals surface area contributed by atoms with Crippen molar-refractivity contribution < 1.29 is 22.7 Å². The molecule has 1 aliphatic rings. The van der Waals surface area contributed by atoms with Crippen LogP contribution in [0.2, 0.25) is 0 Å². The summed E-state index contributed by atoms with van der Waals surface area (Å²) in [5.41, 5.74) is 0.448. The number of ether oxygens (including phenoxy) is 1. The first-order valence-corrected chi connectivity index (χ1v) is 9.46. The molecule has 0 unspecified atom stereocenters. The summed E-state index contributed by atoms with van der Waals surface area (Å²) in [6.07, 6.45) is 0.293. The molecule has 5 nitrogen and oxygen atoms in total. The van der Waals surface area contributed by atoms with Gasteiger partial charge in [0, 0.05) is 31.9 Å². The average molecular weight is 387 g/mol. The number of hydrogen-bond acceptors (Lipinski definition) is 4. The van der Waals surface area contributed by atoms with Crippen LogP contribution < -0.4 is 10.1 Å². The van der Waals surface area contributed by atoms with E-state index in [-0.39, 0.29) is 18.2 Å². The number of carbonyl (C=O) groups is 1. The summed E-state index contributed by atoms with van der Waals surface area (Å²) in [5, 5.41) is 2.71. The molecule has 0 spiro atoms. The lowest BCUT2D eigenvalue weighted by Gasteiger charge is -2.34. The third-order valence-electron chi connectivity index (χ3n) is 4.53. The van der Waals surface area contributed by atoms with Crippen LogP contribution in [0.1, 0.15) is 32.6 Å². The number of anilines is 1. The molecule has 0 saturated carbocycles. The second kappa shape index (κ2) is 10.5. The predicted molar refractivity (Wildman–Crippen MR) is 98.8 cm³/mol. The predicted octanol–water partition coefficient (Wildman–Crippen LogP) is 3.72. The van der Waals surface area contributed by atoms with E-state index >= 15 is 0 Å². The normalized spacial score (nSPS) is 16.3. The molecule has 1 aromatic carbocycles. The number of amides is 1. The summed E-state index contributed by atoms with van der Waals surface area (Å²) in [7, 11) is 0. The van der Waals surface area contributed by atoms with Gasteiger partial charge < -0.3 is 15.0 Å². The minimum absolute atomic E-state index is 0.170. The van der Waals surface area contributed by atoms with Gasteiger partial charge in [0.25, 0.3) is 0 Å². The second-order valence-electron chi connectivity index (χ2n) is 6.80. The highest BCUT2D eigenvalue weighted by atomic mass is 19.4. The lowest BCUT2D eigenvalue weighted by Crippen LogP contribution is -2.48. The molecule has 2 rings (SSSR count). The van der Waals surface area contributed by atoms with Crippen LogP contribution in [0, 0.1) is 0 Å². The summed E-state index contributed by atoms with van der Waals surface area (Å²) < 4.78 is 40.2. The van der Waals surface area contributed by atoms with E-state index in [4.69, 9.17) is 0 Å². The molecular weight excluding hydrogens is 359 g/mol. The molecule has 1 aromatic rings. The third kappa shape index (κ3) is 8.62. The highest BCUT2D eigenvalue weighted by Gasteiger charge is 2.31. The molecule has 1 aliphatic heterocycles. The van der Waals surface area contributed by atoms with Gasteiger partial charge in [0.1, 0.15) is 5.75 Å². The monoisotopic (exact) mass is 387 g/mol. The maximum absolute atomic E-state index is 12.1. The van der Waals surface area contributed by atoms with Crippen molar-refractivity contribution in [3.63, 3.8) is 0 Å². The molecule has 0 aliphatic carbocycles. The summed E-state index contributed by atoms with van der Waals surface area (Å²) in [6, 6.07) is 5.15. The van der Waals surface area contributed by atoms with Crippen LogP contribution >= 0.6 is 0 Å². The minimum Gasteiger partial charge on any atom is -0.406 e. The smallest absolute Gasteiger partial charge is 0.406 e. The Labute approximate surface area is 158 Å². The number of carbonyl (C=O) groups excluding carboxylic acids is 1. The summed E-state index contributed by atoms with van der Waals surface area (Å²) in [4.78, 5) is 16.7. The molecule has 0 radical (unpaired) electrons. The van der Waals surface area contributed by atoms with Crippen molar-refractivity contribution in [1.82, 2.24) is 9.80 Å². The molecule has 1 saturated heterocycles. The molecular formula is C19H28F3N3O2. The third-order valence-corrected chi connectivity index (χ3v) is 4.53. The van der Waals surface area contributed by atoms with Crippen LogP contribution in [0.5, 0.6) is 5.75 Å². The first-order chi connectivity index (χ1) is 12.9. The SMILES string of the molecule is CCCCCCN1CCN(CC(=O)Nc2ccc(OC(F)(F)F)cc2)CC1. The van der Waals surface area contributed by atoms with Crippen molar-refractivity contribution in [2.24, 2.45) is 0 Å². The number of unbranched alkanes of at least 4 members (excludes halogenated alkanes) is 3. The van der Waals surface area contributed by atoms with Gasteiger partial charge in [-0.15, -0.1) is 13.2 Å². The lowest BCUT2D eigenvalue weighted by molar-refractivity contribution is -0.274. The summed E-state index contributed by atoms with van der Waals surface area (Å²) in [6.45, 7) is 7.22. The van der Waals surface area contributed by atoms with Crippen LogP contribution in [0.4, 0.5) is 18.9 Å². The van der Waals surface area contributed by atoms with Gasteiger partial charge in [-0.1, -0.05) is 26.2 Å². The molecule has 1 N–H and O–H groups in total. The number of hydrogen-bond donors (Lipinski definition) is 1. The van der Waals surface area contributed by atoms with Crippen molar-refractivity contribution in [2.75, 3.05) is 44.6 Å². The number of benzene rings is 1. The van der Waals surface area contributed by atoms with E-state index in [1.807, 2.05) is 0 Å². The van der Waals surface area contributed by atoms with E-state index in [2.05, 4.69) is 26.8 Å². The molecule has 1 amide bonds. The number of halogens is 3. The number of rotatable bonds is 9. The van der Waals surface area contributed by atoms with Gasteiger partial charge in [-0.2, -0.15) is 0 Å². The highest BCUT2D eigenvalue weighted by molar-refractivity contribution is 5.92. The minimum atomic E-state index is -4.72. The first kappa shape index (κ1) is 21.5. The number of nitrogens with one attached hydrogen (secondary N) is 1. The van der Waals surface area contributed by atoms with E-state index in [1.54, 1.807) is 0 Å². The molecule has 0 aromatic heterocycles. The van der Waals surface area contributed by atoms with Crippen LogP contribution in [0.25, 0.3) is 0 Å². The van der Waals surface area contributed by atoms with Crippen molar-refractivity contribution in [3.05, 3.63) is 24.3 Å².